The summed E-state index contributed by atoms with van der Waals surface area (Å²) in [5, 5.41) is 5.75. The molecule has 0 bridgehead atoms. The average Bonchev–Trinajstić information content (AvgIpc) is 3.00. The number of hydrogen-bond donors (Lipinski definition) is 2. The Morgan fingerprint density at radius 1 is 1.19 bits per heavy atom. The van der Waals surface area contributed by atoms with E-state index in [0.29, 0.717) is 12.5 Å². The standard InChI is InChI=1S/C22H25ClN2O/c1-4-26-15-6-7-16(18(12-15)13(2)3)21-22-17(9-10-24-21)19-11-14(23)5-8-20(19)25-22/h5-8,11-13,21,24-25H,4,9-10H2,1-3H3. The fourth-order valence-corrected chi connectivity index (χ4v) is 4.21. The molecule has 136 valence electrons. The molecule has 26 heavy (non-hydrogen) atoms. The molecule has 0 fully saturated rings. The highest BCUT2D eigenvalue weighted by molar-refractivity contribution is 6.31. The lowest BCUT2D eigenvalue weighted by atomic mass is 9.87. The molecular weight excluding hydrogens is 344 g/mol. The Balaban J connectivity index is 1.84. The summed E-state index contributed by atoms with van der Waals surface area (Å²) < 4.78 is 5.73. The molecule has 1 aromatic heterocycles. The van der Waals surface area contributed by atoms with Crippen LogP contribution in [0.25, 0.3) is 10.9 Å². The molecule has 3 aromatic rings. The average molecular weight is 369 g/mol. The van der Waals surface area contributed by atoms with Gasteiger partial charge in [-0.15, -0.1) is 0 Å². The van der Waals surface area contributed by atoms with Crippen LogP contribution in [-0.2, 0) is 6.42 Å². The molecule has 0 spiro atoms. The van der Waals surface area contributed by atoms with Crippen LogP contribution in [0.2, 0.25) is 5.02 Å². The van der Waals surface area contributed by atoms with E-state index in [-0.39, 0.29) is 6.04 Å². The third-order valence-corrected chi connectivity index (χ3v) is 5.45. The van der Waals surface area contributed by atoms with Crippen LogP contribution in [0.15, 0.2) is 36.4 Å². The van der Waals surface area contributed by atoms with Crippen molar-refractivity contribution >= 4 is 22.5 Å². The third-order valence-electron chi connectivity index (χ3n) is 5.22. The molecule has 0 aliphatic carbocycles. The van der Waals surface area contributed by atoms with Crippen LogP contribution < -0.4 is 10.1 Å². The SMILES string of the molecule is CCOc1ccc(C2NCCc3c2[nH]c2ccc(Cl)cc32)c(C(C)C)c1. The number of rotatable bonds is 4. The van der Waals surface area contributed by atoms with Crippen molar-refractivity contribution in [3.8, 4) is 5.75 Å². The van der Waals surface area contributed by atoms with Crippen molar-refractivity contribution in [3.05, 3.63) is 63.8 Å². The molecule has 2 N–H and O–H groups in total. The predicted octanol–water partition coefficient (Wildman–Crippen LogP) is 5.58. The maximum atomic E-state index is 6.24. The summed E-state index contributed by atoms with van der Waals surface area (Å²) in [6, 6.07) is 12.8. The summed E-state index contributed by atoms with van der Waals surface area (Å²) >= 11 is 6.24. The zero-order chi connectivity index (χ0) is 18.3. The van der Waals surface area contributed by atoms with E-state index >= 15 is 0 Å². The highest BCUT2D eigenvalue weighted by atomic mass is 35.5. The van der Waals surface area contributed by atoms with Gasteiger partial charge in [0, 0.05) is 28.2 Å². The normalized spacial score (nSPS) is 16.9. The van der Waals surface area contributed by atoms with E-state index in [0.717, 1.165) is 29.3 Å². The molecule has 0 radical (unpaired) electrons. The summed E-state index contributed by atoms with van der Waals surface area (Å²) in [7, 11) is 0. The maximum Gasteiger partial charge on any atom is 0.119 e. The summed E-state index contributed by atoms with van der Waals surface area (Å²) in [4.78, 5) is 3.65. The molecule has 3 nitrogen and oxygen atoms in total. The van der Waals surface area contributed by atoms with Gasteiger partial charge in [-0.25, -0.2) is 0 Å². The van der Waals surface area contributed by atoms with Gasteiger partial charge in [0.1, 0.15) is 5.75 Å². The Kier molecular flexibility index (Phi) is 4.68. The fraction of sp³-hybridized carbons (Fsp3) is 0.364. The number of halogens is 1. The van der Waals surface area contributed by atoms with Crippen molar-refractivity contribution in [1.29, 1.82) is 0 Å². The topological polar surface area (TPSA) is 37.0 Å². The first-order chi connectivity index (χ1) is 12.6. The first-order valence-electron chi connectivity index (χ1n) is 9.38. The van der Waals surface area contributed by atoms with Crippen LogP contribution >= 0.6 is 11.6 Å². The first kappa shape index (κ1) is 17.4. The molecule has 1 aliphatic rings. The molecule has 2 aromatic carbocycles. The van der Waals surface area contributed by atoms with Gasteiger partial charge in [0.25, 0.3) is 0 Å². The number of fused-ring (bicyclic) bond motifs is 3. The summed E-state index contributed by atoms with van der Waals surface area (Å²) in [5.74, 6) is 1.37. The number of aromatic amines is 1. The van der Waals surface area contributed by atoms with E-state index in [1.54, 1.807) is 0 Å². The van der Waals surface area contributed by atoms with E-state index in [4.69, 9.17) is 16.3 Å². The van der Waals surface area contributed by atoms with Gasteiger partial charge < -0.3 is 15.0 Å². The van der Waals surface area contributed by atoms with Crippen LogP contribution in [0.4, 0.5) is 0 Å². The van der Waals surface area contributed by atoms with Crippen LogP contribution in [0.1, 0.15) is 55.1 Å². The van der Waals surface area contributed by atoms with Gasteiger partial charge in [-0.3, -0.25) is 0 Å². The summed E-state index contributed by atoms with van der Waals surface area (Å²) in [6.45, 7) is 8.15. The molecular formula is C22H25ClN2O. The van der Waals surface area contributed by atoms with Crippen molar-refractivity contribution in [2.45, 2.75) is 39.2 Å². The fourth-order valence-electron chi connectivity index (χ4n) is 4.04. The minimum absolute atomic E-state index is 0.165. The lowest BCUT2D eigenvalue weighted by Gasteiger charge is -2.28. The third kappa shape index (κ3) is 3.00. The zero-order valence-corrected chi connectivity index (χ0v) is 16.3. The second kappa shape index (κ2) is 6.98. The Bertz CT molecular complexity index is 945. The number of aromatic nitrogens is 1. The Morgan fingerprint density at radius 3 is 2.81 bits per heavy atom. The van der Waals surface area contributed by atoms with Crippen LogP contribution in [0.3, 0.4) is 0 Å². The van der Waals surface area contributed by atoms with Crippen LogP contribution in [-0.4, -0.2) is 18.1 Å². The van der Waals surface area contributed by atoms with Gasteiger partial charge in [-0.05, 0) is 66.3 Å². The van der Waals surface area contributed by atoms with Crippen molar-refractivity contribution in [1.82, 2.24) is 10.3 Å². The van der Waals surface area contributed by atoms with Crippen molar-refractivity contribution in [2.24, 2.45) is 0 Å². The molecule has 4 heteroatoms. The van der Waals surface area contributed by atoms with E-state index in [9.17, 15) is 0 Å². The minimum atomic E-state index is 0.165. The molecule has 0 saturated carbocycles. The van der Waals surface area contributed by atoms with E-state index in [1.165, 1.54) is 27.8 Å². The monoisotopic (exact) mass is 368 g/mol. The summed E-state index contributed by atoms with van der Waals surface area (Å²) in [5.41, 5.74) is 6.46. The van der Waals surface area contributed by atoms with Crippen molar-refractivity contribution in [3.63, 3.8) is 0 Å². The summed E-state index contributed by atoms with van der Waals surface area (Å²) in [6.07, 6.45) is 1.01. The van der Waals surface area contributed by atoms with Gasteiger partial charge in [0.15, 0.2) is 0 Å². The minimum Gasteiger partial charge on any atom is -0.494 e. The largest absolute Gasteiger partial charge is 0.494 e. The highest BCUT2D eigenvalue weighted by Gasteiger charge is 2.27. The van der Waals surface area contributed by atoms with Gasteiger partial charge in [-0.1, -0.05) is 31.5 Å². The van der Waals surface area contributed by atoms with Gasteiger partial charge in [0.2, 0.25) is 0 Å². The van der Waals surface area contributed by atoms with E-state index in [2.05, 4.69) is 54.5 Å². The molecule has 1 aliphatic heterocycles. The van der Waals surface area contributed by atoms with Gasteiger partial charge >= 0.3 is 0 Å². The predicted molar refractivity (Wildman–Crippen MR) is 109 cm³/mol. The Morgan fingerprint density at radius 2 is 2.04 bits per heavy atom. The second-order valence-electron chi connectivity index (χ2n) is 7.22. The number of H-pyrrole nitrogens is 1. The molecule has 0 amide bonds. The smallest absolute Gasteiger partial charge is 0.119 e. The molecule has 0 saturated heterocycles. The lowest BCUT2D eigenvalue weighted by Crippen LogP contribution is -2.31. The molecule has 1 unspecified atom stereocenters. The van der Waals surface area contributed by atoms with Crippen LogP contribution in [0.5, 0.6) is 5.75 Å². The molecule has 1 atom stereocenters. The Labute approximate surface area is 159 Å². The zero-order valence-electron chi connectivity index (χ0n) is 15.5. The number of ether oxygens (including phenoxy) is 1. The highest BCUT2D eigenvalue weighted by Crippen LogP contribution is 2.38. The van der Waals surface area contributed by atoms with E-state index in [1.807, 2.05) is 13.0 Å². The van der Waals surface area contributed by atoms with Gasteiger partial charge in [-0.2, -0.15) is 0 Å². The molecule has 4 rings (SSSR count). The van der Waals surface area contributed by atoms with E-state index < -0.39 is 0 Å². The lowest BCUT2D eigenvalue weighted by molar-refractivity contribution is 0.339. The van der Waals surface area contributed by atoms with Crippen molar-refractivity contribution in [2.75, 3.05) is 13.2 Å². The quantitative estimate of drug-likeness (QED) is 0.630. The maximum absolute atomic E-state index is 6.24. The van der Waals surface area contributed by atoms with Gasteiger partial charge in [0.05, 0.1) is 12.6 Å². The number of nitrogens with one attached hydrogen (secondary N) is 2. The van der Waals surface area contributed by atoms with Crippen LogP contribution in [0, 0.1) is 0 Å². The van der Waals surface area contributed by atoms with Crippen molar-refractivity contribution < 1.29 is 4.74 Å². The number of hydrogen-bond acceptors (Lipinski definition) is 2. The number of benzene rings is 2. The first-order valence-corrected chi connectivity index (χ1v) is 9.76. The second-order valence-corrected chi connectivity index (χ2v) is 7.66. The molecule has 2 heterocycles. The Hall–Kier alpha value is -1.97.